The van der Waals surface area contributed by atoms with Crippen LogP contribution < -0.4 is 16.4 Å². The Morgan fingerprint density at radius 3 is 2.50 bits per heavy atom. The van der Waals surface area contributed by atoms with Crippen molar-refractivity contribution < 1.29 is 14.9 Å². The van der Waals surface area contributed by atoms with Crippen LogP contribution in [0.25, 0.3) is 0 Å². The maximum absolute atomic E-state index is 12.2. The van der Waals surface area contributed by atoms with Gasteiger partial charge in [-0.3, -0.25) is 10.1 Å². The number of carbonyl (C=O) groups is 2. The molecule has 0 heterocycles. The second kappa shape index (κ2) is 7.59. The summed E-state index contributed by atoms with van der Waals surface area (Å²) in [5.74, 6) is -0.444. The summed E-state index contributed by atoms with van der Waals surface area (Å²) >= 11 is 5.95. The minimum absolute atomic E-state index is 0.444. The first-order valence-electron chi connectivity index (χ1n) is 6.79. The first kappa shape index (κ1) is 16.0. The number of carbonyl (C=O) groups excluding carboxylic acids is 2. The number of amides is 3. The third kappa shape index (κ3) is 4.58. The van der Waals surface area contributed by atoms with Gasteiger partial charge in [0.25, 0.3) is 5.91 Å². The lowest BCUT2D eigenvalue weighted by Gasteiger charge is -2.15. The Bertz CT molecular complexity index is 661. The molecule has 0 aromatic heterocycles. The highest BCUT2D eigenvalue weighted by molar-refractivity contribution is 6.30. The SMILES string of the molecule is NC(=O)NC(=O)[C@H]([NH2+]Cc1cccc(Cl)c1)c1ccccc1. The van der Waals surface area contributed by atoms with Crippen LogP contribution in [0.4, 0.5) is 4.79 Å². The van der Waals surface area contributed by atoms with E-state index in [2.05, 4.69) is 5.32 Å². The van der Waals surface area contributed by atoms with E-state index in [0.29, 0.717) is 11.6 Å². The molecule has 22 heavy (non-hydrogen) atoms. The number of imide groups is 1. The molecule has 0 bridgehead atoms. The highest BCUT2D eigenvalue weighted by atomic mass is 35.5. The molecule has 0 aliphatic heterocycles. The summed E-state index contributed by atoms with van der Waals surface area (Å²) in [6.45, 7) is 0.548. The molecule has 1 atom stereocenters. The molecule has 3 amide bonds. The van der Waals surface area contributed by atoms with E-state index in [-0.39, 0.29) is 0 Å². The largest absolute Gasteiger partial charge is 0.351 e. The molecule has 0 spiro atoms. The number of hydrogen-bond donors (Lipinski definition) is 3. The van der Waals surface area contributed by atoms with Gasteiger partial charge in [-0.25, -0.2) is 4.79 Å². The third-order valence-electron chi connectivity index (χ3n) is 3.17. The van der Waals surface area contributed by atoms with Gasteiger partial charge in [0.2, 0.25) is 0 Å². The molecule has 2 rings (SSSR count). The van der Waals surface area contributed by atoms with Gasteiger partial charge in [-0.15, -0.1) is 0 Å². The van der Waals surface area contributed by atoms with E-state index >= 15 is 0 Å². The number of nitrogens with one attached hydrogen (secondary N) is 1. The predicted octanol–water partition coefficient (Wildman–Crippen LogP) is 1.34. The lowest BCUT2D eigenvalue weighted by atomic mass is 10.1. The first-order valence-corrected chi connectivity index (χ1v) is 7.17. The van der Waals surface area contributed by atoms with E-state index in [0.717, 1.165) is 11.1 Å². The minimum Gasteiger partial charge on any atom is -0.351 e. The van der Waals surface area contributed by atoms with Crippen molar-refractivity contribution in [1.82, 2.24) is 5.32 Å². The summed E-state index contributed by atoms with van der Waals surface area (Å²) < 4.78 is 0. The van der Waals surface area contributed by atoms with Crippen LogP contribution in [0.3, 0.4) is 0 Å². The van der Waals surface area contributed by atoms with Crippen LogP contribution in [0, 0.1) is 0 Å². The van der Waals surface area contributed by atoms with Crippen molar-refractivity contribution in [2.24, 2.45) is 5.73 Å². The number of hydrogen-bond acceptors (Lipinski definition) is 2. The summed E-state index contributed by atoms with van der Waals surface area (Å²) in [6.07, 6.45) is 0. The summed E-state index contributed by atoms with van der Waals surface area (Å²) in [5, 5.41) is 4.61. The molecule has 114 valence electrons. The summed E-state index contributed by atoms with van der Waals surface area (Å²) in [7, 11) is 0. The fourth-order valence-electron chi connectivity index (χ4n) is 2.17. The van der Waals surface area contributed by atoms with Crippen LogP contribution in [0.1, 0.15) is 17.2 Å². The van der Waals surface area contributed by atoms with Crippen molar-refractivity contribution >= 4 is 23.5 Å². The van der Waals surface area contributed by atoms with Gasteiger partial charge in [0.15, 0.2) is 6.04 Å². The Balaban J connectivity index is 2.14. The molecule has 2 aromatic rings. The van der Waals surface area contributed by atoms with E-state index in [1.165, 1.54) is 0 Å². The van der Waals surface area contributed by atoms with Gasteiger partial charge < -0.3 is 11.1 Å². The van der Waals surface area contributed by atoms with Crippen molar-refractivity contribution in [3.63, 3.8) is 0 Å². The van der Waals surface area contributed by atoms with E-state index in [1.54, 1.807) is 6.07 Å². The maximum atomic E-state index is 12.2. The maximum Gasteiger partial charge on any atom is 0.319 e. The molecule has 6 heteroatoms. The fourth-order valence-corrected chi connectivity index (χ4v) is 2.38. The monoisotopic (exact) mass is 318 g/mol. The van der Waals surface area contributed by atoms with Crippen LogP contribution in [-0.4, -0.2) is 11.9 Å². The van der Waals surface area contributed by atoms with Crippen molar-refractivity contribution in [3.8, 4) is 0 Å². The Morgan fingerprint density at radius 2 is 1.86 bits per heavy atom. The lowest BCUT2D eigenvalue weighted by Crippen LogP contribution is -2.86. The highest BCUT2D eigenvalue weighted by Gasteiger charge is 2.24. The highest BCUT2D eigenvalue weighted by Crippen LogP contribution is 2.11. The van der Waals surface area contributed by atoms with Crippen molar-refractivity contribution in [3.05, 3.63) is 70.7 Å². The Labute approximate surface area is 133 Å². The molecule has 0 unspecified atom stereocenters. The molecule has 5 N–H and O–H groups in total. The van der Waals surface area contributed by atoms with E-state index in [1.807, 2.05) is 53.8 Å². The topological polar surface area (TPSA) is 88.8 Å². The van der Waals surface area contributed by atoms with Gasteiger partial charge in [0.05, 0.1) is 0 Å². The number of urea groups is 1. The van der Waals surface area contributed by atoms with Crippen molar-refractivity contribution in [2.75, 3.05) is 0 Å². The van der Waals surface area contributed by atoms with Gasteiger partial charge in [-0.2, -0.15) is 0 Å². The van der Waals surface area contributed by atoms with Crippen LogP contribution in [0.2, 0.25) is 5.02 Å². The molecule has 0 saturated heterocycles. The second-order valence-electron chi connectivity index (χ2n) is 4.81. The van der Waals surface area contributed by atoms with E-state index in [4.69, 9.17) is 17.3 Å². The standard InChI is InChI=1S/C16H16ClN3O2/c17-13-8-4-5-11(9-13)10-19-14(15(21)20-16(18)22)12-6-2-1-3-7-12/h1-9,14,19H,10H2,(H3,18,20,21,22)/p+1/t14-/m1/s1. The number of primary amides is 1. The number of quaternary nitrogens is 1. The van der Waals surface area contributed by atoms with Crippen molar-refractivity contribution in [1.29, 1.82) is 0 Å². The first-order chi connectivity index (χ1) is 10.6. The number of rotatable bonds is 5. The molecule has 0 aliphatic rings. The van der Waals surface area contributed by atoms with Crippen LogP contribution in [0.5, 0.6) is 0 Å². The molecular weight excluding hydrogens is 302 g/mol. The zero-order valence-corrected chi connectivity index (χ0v) is 12.6. The van der Waals surface area contributed by atoms with Gasteiger partial charge in [-0.1, -0.05) is 54.1 Å². The zero-order chi connectivity index (χ0) is 15.9. The minimum atomic E-state index is -0.859. The van der Waals surface area contributed by atoms with Gasteiger partial charge in [0, 0.05) is 16.1 Å². The van der Waals surface area contributed by atoms with Crippen molar-refractivity contribution in [2.45, 2.75) is 12.6 Å². The van der Waals surface area contributed by atoms with Crippen LogP contribution in [-0.2, 0) is 11.3 Å². The van der Waals surface area contributed by atoms with Gasteiger partial charge in [0.1, 0.15) is 6.54 Å². The third-order valence-corrected chi connectivity index (χ3v) is 3.40. The number of halogens is 1. The summed E-state index contributed by atoms with van der Waals surface area (Å²) in [6, 6.07) is 15.2. The molecule has 2 aromatic carbocycles. The second-order valence-corrected chi connectivity index (χ2v) is 5.25. The fraction of sp³-hybridized carbons (Fsp3) is 0.125. The Hall–Kier alpha value is -2.37. The predicted molar refractivity (Wildman–Crippen MR) is 84.0 cm³/mol. The normalized spacial score (nSPS) is 11.7. The van der Waals surface area contributed by atoms with Gasteiger partial charge in [-0.05, 0) is 12.1 Å². The van der Waals surface area contributed by atoms with E-state index in [9.17, 15) is 9.59 Å². The lowest BCUT2D eigenvalue weighted by molar-refractivity contribution is -0.698. The summed E-state index contributed by atoms with van der Waals surface area (Å²) in [5.41, 5.74) is 6.82. The average Bonchev–Trinajstić information content (AvgIpc) is 2.48. The van der Waals surface area contributed by atoms with E-state index < -0.39 is 18.0 Å². The van der Waals surface area contributed by atoms with Crippen LogP contribution in [0.15, 0.2) is 54.6 Å². The number of nitrogens with two attached hydrogens (primary N) is 2. The Morgan fingerprint density at radius 1 is 1.14 bits per heavy atom. The quantitative estimate of drug-likeness (QED) is 0.776. The van der Waals surface area contributed by atoms with Crippen LogP contribution >= 0.6 is 11.6 Å². The molecule has 0 aliphatic carbocycles. The molecule has 5 nitrogen and oxygen atoms in total. The Kier molecular flexibility index (Phi) is 5.52. The number of benzene rings is 2. The smallest absolute Gasteiger partial charge is 0.319 e. The molecule has 0 radical (unpaired) electrons. The summed E-state index contributed by atoms with van der Waals surface area (Å²) in [4.78, 5) is 23.1. The zero-order valence-electron chi connectivity index (χ0n) is 11.8. The average molecular weight is 319 g/mol. The molecule has 0 saturated carbocycles. The molecule has 0 fully saturated rings. The molecular formula is C16H17ClN3O2+. The van der Waals surface area contributed by atoms with Gasteiger partial charge >= 0.3 is 6.03 Å².